The van der Waals surface area contributed by atoms with E-state index in [9.17, 15) is 0 Å². The minimum absolute atomic E-state index is 0.460. The minimum Gasteiger partial charge on any atom is -0.316 e. The summed E-state index contributed by atoms with van der Waals surface area (Å²) in [5, 5.41) is 12.2. The van der Waals surface area contributed by atoms with Crippen LogP contribution in [0.3, 0.4) is 0 Å². The average molecular weight is 372 g/mol. The molecule has 0 aromatic heterocycles. The van der Waals surface area contributed by atoms with E-state index in [2.05, 4.69) is 22.9 Å². The molecule has 3 aliphatic heterocycles. The fourth-order valence-electron chi connectivity index (χ4n) is 9.04. The molecule has 0 spiro atoms. The van der Waals surface area contributed by atoms with Crippen molar-refractivity contribution in [1.82, 2.24) is 16.0 Å². The first-order valence-corrected chi connectivity index (χ1v) is 12.3. The number of nitrogens with one attached hydrogen (secondary N) is 3. The van der Waals surface area contributed by atoms with Crippen molar-refractivity contribution >= 4 is 0 Å². The summed E-state index contributed by atoms with van der Waals surface area (Å²) >= 11 is 0. The van der Waals surface area contributed by atoms with Crippen LogP contribution in [0.2, 0.25) is 0 Å². The topological polar surface area (TPSA) is 36.1 Å². The monoisotopic (exact) mass is 371 g/mol. The standard InChI is InChI=1S/C24H41N3/c1-22-6-2-3-19(12-22)21(27-22)14-24-8-5-17(11-24)9-20(26-24)13-23-7-4-18(10-23)15-25-16-23/h17-21,25-27H,2-16H2,1H3. The Balaban J connectivity index is 1.16. The highest BCUT2D eigenvalue weighted by molar-refractivity contribution is 5.11. The predicted molar refractivity (Wildman–Crippen MR) is 111 cm³/mol. The summed E-state index contributed by atoms with van der Waals surface area (Å²) in [6.07, 6.45) is 19.0. The molecule has 3 N–H and O–H groups in total. The summed E-state index contributed by atoms with van der Waals surface area (Å²) in [7, 11) is 0. The van der Waals surface area contributed by atoms with Gasteiger partial charge in [-0.05, 0) is 114 Å². The van der Waals surface area contributed by atoms with E-state index in [1.807, 2.05) is 0 Å². The van der Waals surface area contributed by atoms with Crippen molar-refractivity contribution in [2.45, 2.75) is 114 Å². The highest BCUT2D eigenvalue weighted by Crippen LogP contribution is 2.52. The lowest BCUT2D eigenvalue weighted by Crippen LogP contribution is -2.57. The van der Waals surface area contributed by atoms with Crippen LogP contribution in [0, 0.1) is 23.2 Å². The molecule has 6 bridgehead atoms. The predicted octanol–water partition coefficient (Wildman–Crippen LogP) is 3.98. The van der Waals surface area contributed by atoms with Crippen molar-refractivity contribution in [3.8, 4) is 0 Å². The molecule has 3 nitrogen and oxygen atoms in total. The van der Waals surface area contributed by atoms with Crippen LogP contribution in [-0.2, 0) is 0 Å². The smallest absolute Gasteiger partial charge is 0.0201 e. The normalized spacial score (nSPS) is 56.6. The van der Waals surface area contributed by atoms with Gasteiger partial charge >= 0.3 is 0 Å². The molecule has 0 radical (unpaired) electrons. The maximum absolute atomic E-state index is 4.33. The average Bonchev–Trinajstić information content (AvgIpc) is 3.17. The fraction of sp³-hybridized carbons (Fsp3) is 1.00. The maximum Gasteiger partial charge on any atom is 0.0201 e. The summed E-state index contributed by atoms with van der Waals surface area (Å²) in [6.45, 7) is 5.08. The first kappa shape index (κ1) is 17.7. The number of hydrogen-bond acceptors (Lipinski definition) is 3. The summed E-state index contributed by atoms with van der Waals surface area (Å²) in [4.78, 5) is 0. The van der Waals surface area contributed by atoms with E-state index in [4.69, 9.17) is 0 Å². The molecule has 27 heavy (non-hydrogen) atoms. The summed E-state index contributed by atoms with van der Waals surface area (Å²) in [5.74, 6) is 2.95. The first-order valence-electron chi connectivity index (χ1n) is 12.3. The van der Waals surface area contributed by atoms with E-state index >= 15 is 0 Å². The quantitative estimate of drug-likeness (QED) is 0.700. The molecule has 8 unspecified atom stereocenters. The van der Waals surface area contributed by atoms with Gasteiger partial charge in [-0.25, -0.2) is 0 Å². The molecule has 3 saturated carbocycles. The zero-order valence-electron chi connectivity index (χ0n) is 17.5. The van der Waals surface area contributed by atoms with Crippen LogP contribution in [0.5, 0.6) is 0 Å². The van der Waals surface area contributed by atoms with Crippen LogP contribution in [0.25, 0.3) is 0 Å². The van der Waals surface area contributed by atoms with Crippen LogP contribution in [0.4, 0.5) is 0 Å². The van der Waals surface area contributed by atoms with Gasteiger partial charge < -0.3 is 16.0 Å². The van der Waals surface area contributed by atoms with Crippen LogP contribution < -0.4 is 16.0 Å². The Bertz CT molecular complexity index is 588. The molecule has 3 heteroatoms. The van der Waals surface area contributed by atoms with Crippen molar-refractivity contribution in [3.63, 3.8) is 0 Å². The molecule has 0 aromatic rings. The van der Waals surface area contributed by atoms with Crippen molar-refractivity contribution in [1.29, 1.82) is 0 Å². The van der Waals surface area contributed by atoms with Gasteiger partial charge in [0.25, 0.3) is 0 Å². The van der Waals surface area contributed by atoms with Crippen molar-refractivity contribution in [2.24, 2.45) is 23.2 Å². The Morgan fingerprint density at radius 1 is 0.889 bits per heavy atom. The van der Waals surface area contributed by atoms with Crippen LogP contribution >= 0.6 is 0 Å². The minimum atomic E-state index is 0.460. The molecule has 0 aromatic carbocycles. The van der Waals surface area contributed by atoms with E-state index in [1.54, 1.807) is 0 Å². The highest BCUT2D eigenvalue weighted by Gasteiger charge is 2.52. The number of piperidine rings is 2. The summed E-state index contributed by atoms with van der Waals surface area (Å²) < 4.78 is 0. The van der Waals surface area contributed by atoms with Gasteiger partial charge in [-0.3, -0.25) is 0 Å². The summed E-state index contributed by atoms with van der Waals surface area (Å²) in [5.41, 5.74) is 1.56. The van der Waals surface area contributed by atoms with Crippen molar-refractivity contribution in [3.05, 3.63) is 0 Å². The van der Waals surface area contributed by atoms with Gasteiger partial charge in [-0.1, -0.05) is 6.42 Å². The van der Waals surface area contributed by atoms with Crippen molar-refractivity contribution in [2.75, 3.05) is 13.1 Å². The van der Waals surface area contributed by atoms with Gasteiger partial charge in [-0.15, -0.1) is 0 Å². The van der Waals surface area contributed by atoms with Crippen LogP contribution in [0.1, 0.15) is 90.4 Å². The van der Waals surface area contributed by atoms with Gasteiger partial charge in [0.05, 0.1) is 0 Å². The van der Waals surface area contributed by atoms with E-state index in [-0.39, 0.29) is 0 Å². The highest BCUT2D eigenvalue weighted by atomic mass is 15.1. The Kier molecular flexibility index (Phi) is 4.06. The third-order valence-corrected chi connectivity index (χ3v) is 9.99. The zero-order chi connectivity index (χ0) is 18.1. The Labute approximate surface area is 166 Å². The molecule has 152 valence electrons. The molecular formula is C24H41N3. The molecule has 6 aliphatic rings. The summed E-state index contributed by atoms with van der Waals surface area (Å²) in [6, 6.07) is 1.58. The molecule has 0 amide bonds. The molecule has 8 atom stereocenters. The second-order valence-electron chi connectivity index (χ2n) is 12.3. The van der Waals surface area contributed by atoms with Crippen molar-refractivity contribution < 1.29 is 0 Å². The molecule has 3 aliphatic carbocycles. The lowest BCUT2D eigenvalue weighted by atomic mass is 9.72. The Hall–Kier alpha value is -0.120. The largest absolute Gasteiger partial charge is 0.316 e. The van der Waals surface area contributed by atoms with Gasteiger partial charge in [0, 0.05) is 29.7 Å². The van der Waals surface area contributed by atoms with E-state index in [0.717, 1.165) is 29.8 Å². The molecular weight excluding hydrogens is 330 g/mol. The Morgan fingerprint density at radius 3 is 2.74 bits per heavy atom. The van der Waals surface area contributed by atoms with Crippen LogP contribution in [-0.4, -0.2) is 36.3 Å². The van der Waals surface area contributed by atoms with Gasteiger partial charge in [0.2, 0.25) is 0 Å². The molecule has 3 saturated heterocycles. The molecule has 3 heterocycles. The maximum atomic E-state index is 4.33. The molecule has 6 rings (SSSR count). The SMILES string of the molecule is CC12CCCC(C1)C(CC13CCC(CC(CC45CCC(CNC4)C5)N1)C3)N2. The lowest BCUT2D eigenvalue weighted by molar-refractivity contribution is 0.122. The van der Waals surface area contributed by atoms with E-state index in [0.29, 0.717) is 16.5 Å². The lowest BCUT2D eigenvalue weighted by Gasteiger charge is -2.45. The van der Waals surface area contributed by atoms with Gasteiger partial charge in [-0.2, -0.15) is 0 Å². The zero-order valence-corrected chi connectivity index (χ0v) is 17.5. The van der Waals surface area contributed by atoms with Crippen LogP contribution in [0.15, 0.2) is 0 Å². The third kappa shape index (κ3) is 3.11. The molecule has 6 fully saturated rings. The second kappa shape index (κ2) is 6.19. The number of hydrogen-bond donors (Lipinski definition) is 3. The van der Waals surface area contributed by atoms with E-state index in [1.165, 1.54) is 96.6 Å². The van der Waals surface area contributed by atoms with Gasteiger partial charge in [0.1, 0.15) is 0 Å². The number of fused-ring (bicyclic) bond motifs is 6. The van der Waals surface area contributed by atoms with Gasteiger partial charge in [0.15, 0.2) is 0 Å². The van der Waals surface area contributed by atoms with E-state index < -0.39 is 0 Å². The Morgan fingerprint density at radius 2 is 1.81 bits per heavy atom. The number of rotatable bonds is 4. The third-order valence-electron chi connectivity index (χ3n) is 9.99. The second-order valence-corrected chi connectivity index (χ2v) is 12.3. The first-order chi connectivity index (χ1) is 13.0. The fourth-order valence-corrected chi connectivity index (χ4v) is 9.04.